The molecule has 1 N–H and O–H groups in total. The summed E-state index contributed by atoms with van der Waals surface area (Å²) in [6, 6.07) is 15.7. The second kappa shape index (κ2) is 12.2. The van der Waals surface area contributed by atoms with Gasteiger partial charge in [-0.2, -0.15) is 4.31 Å². The molecule has 9 heteroatoms. The van der Waals surface area contributed by atoms with Gasteiger partial charge in [0.15, 0.2) is 0 Å². The van der Waals surface area contributed by atoms with E-state index in [1.165, 1.54) is 11.9 Å². The summed E-state index contributed by atoms with van der Waals surface area (Å²) in [6.45, 7) is 3.62. The average Bonchev–Trinajstić information content (AvgIpc) is 2.80. The number of carbonyl (C=O) groups is 2. The van der Waals surface area contributed by atoms with Crippen molar-refractivity contribution in [3.05, 3.63) is 78.4 Å². The van der Waals surface area contributed by atoms with Crippen molar-refractivity contribution in [1.29, 1.82) is 0 Å². The van der Waals surface area contributed by atoms with Crippen LogP contribution in [0.3, 0.4) is 0 Å². The summed E-state index contributed by atoms with van der Waals surface area (Å²) >= 11 is 0. The number of ether oxygens (including phenoxy) is 1. The molecule has 0 unspecified atom stereocenters. The van der Waals surface area contributed by atoms with Crippen molar-refractivity contribution >= 4 is 21.8 Å². The number of benzene rings is 2. The molecule has 0 fully saturated rings. The lowest BCUT2D eigenvalue weighted by Crippen LogP contribution is -2.53. The van der Waals surface area contributed by atoms with E-state index in [-0.39, 0.29) is 32.0 Å². The minimum absolute atomic E-state index is 0.124. The van der Waals surface area contributed by atoms with Crippen LogP contribution in [0.5, 0.6) is 5.75 Å². The molecule has 0 heterocycles. The third-order valence-electron chi connectivity index (χ3n) is 5.13. The molecule has 2 rings (SSSR count). The zero-order valence-corrected chi connectivity index (χ0v) is 20.0. The number of amides is 2. The zero-order chi connectivity index (χ0) is 24.4. The minimum Gasteiger partial charge on any atom is -0.497 e. The molecule has 0 saturated heterocycles. The molecule has 8 nitrogen and oxygen atoms in total. The second-order valence-electron chi connectivity index (χ2n) is 7.63. The normalized spacial score (nSPS) is 12.1. The van der Waals surface area contributed by atoms with Gasteiger partial charge in [0.05, 0.1) is 19.9 Å². The van der Waals surface area contributed by atoms with Crippen molar-refractivity contribution < 1.29 is 22.7 Å². The van der Waals surface area contributed by atoms with Crippen LogP contribution in [0.2, 0.25) is 0 Å². The molecule has 0 bridgehead atoms. The Labute approximate surface area is 195 Å². The molecule has 0 spiro atoms. The Morgan fingerprint density at radius 2 is 1.73 bits per heavy atom. The van der Waals surface area contributed by atoms with Crippen molar-refractivity contribution in [2.45, 2.75) is 19.0 Å². The first-order valence-corrected chi connectivity index (χ1v) is 12.3. The van der Waals surface area contributed by atoms with Gasteiger partial charge in [0, 0.05) is 26.6 Å². The summed E-state index contributed by atoms with van der Waals surface area (Å²) in [7, 11) is -0.680. The molecule has 33 heavy (non-hydrogen) atoms. The number of nitrogens with one attached hydrogen (secondary N) is 1. The first-order valence-electron chi connectivity index (χ1n) is 10.4. The van der Waals surface area contributed by atoms with E-state index in [0.29, 0.717) is 5.75 Å². The number of carbonyl (C=O) groups excluding carboxylic acids is 2. The van der Waals surface area contributed by atoms with Gasteiger partial charge < -0.3 is 15.0 Å². The molecule has 0 aliphatic rings. The third kappa shape index (κ3) is 8.03. The van der Waals surface area contributed by atoms with Gasteiger partial charge in [-0.1, -0.05) is 48.5 Å². The van der Waals surface area contributed by atoms with E-state index in [4.69, 9.17) is 4.74 Å². The molecule has 1 atom stereocenters. The predicted octanol–water partition coefficient (Wildman–Crippen LogP) is 1.83. The quantitative estimate of drug-likeness (QED) is 0.475. The van der Waals surface area contributed by atoms with Gasteiger partial charge >= 0.3 is 0 Å². The summed E-state index contributed by atoms with van der Waals surface area (Å²) < 4.78 is 30.0. The third-order valence-corrected chi connectivity index (χ3v) is 6.39. The van der Waals surface area contributed by atoms with E-state index in [1.54, 1.807) is 37.5 Å². The molecular formula is C24H31N3O5S. The largest absolute Gasteiger partial charge is 0.497 e. The van der Waals surface area contributed by atoms with Crippen LogP contribution < -0.4 is 10.1 Å². The van der Waals surface area contributed by atoms with Gasteiger partial charge in [0.2, 0.25) is 21.8 Å². The number of hydrogen-bond donors (Lipinski definition) is 1. The Morgan fingerprint density at radius 1 is 1.09 bits per heavy atom. The molecule has 2 amide bonds. The highest BCUT2D eigenvalue weighted by molar-refractivity contribution is 7.88. The first-order chi connectivity index (χ1) is 15.7. The monoisotopic (exact) mass is 473 g/mol. The molecule has 0 saturated carbocycles. The Bertz CT molecular complexity index is 1040. The summed E-state index contributed by atoms with van der Waals surface area (Å²) in [5.41, 5.74) is 1.65. The standard InChI is InChI=1S/C24H31N3O5S/c1-5-15-25-24(29)22(16-19-9-7-6-8-10-19)27(23(28)18-26(2)33(4,30)31)17-20-11-13-21(32-3)14-12-20/h5-14,22H,1,15-18H2,2-4H3,(H,25,29)/t22-/m1/s1. The highest BCUT2D eigenvalue weighted by Crippen LogP contribution is 2.18. The van der Waals surface area contributed by atoms with Crippen molar-refractivity contribution in [1.82, 2.24) is 14.5 Å². The smallest absolute Gasteiger partial charge is 0.243 e. The Hall–Kier alpha value is -3.17. The van der Waals surface area contributed by atoms with Crippen LogP contribution in [0.4, 0.5) is 0 Å². The lowest BCUT2D eigenvalue weighted by Gasteiger charge is -2.32. The zero-order valence-electron chi connectivity index (χ0n) is 19.2. The predicted molar refractivity (Wildman–Crippen MR) is 128 cm³/mol. The molecule has 2 aromatic rings. The van der Waals surface area contributed by atoms with E-state index in [9.17, 15) is 18.0 Å². The molecular weight excluding hydrogens is 442 g/mol. The lowest BCUT2D eigenvalue weighted by molar-refractivity contribution is -0.141. The molecule has 178 valence electrons. The average molecular weight is 474 g/mol. The fourth-order valence-corrected chi connectivity index (χ4v) is 3.52. The second-order valence-corrected chi connectivity index (χ2v) is 9.72. The topological polar surface area (TPSA) is 96.0 Å². The number of sulfonamides is 1. The number of likely N-dealkylation sites (N-methyl/N-ethyl adjacent to an activating group) is 1. The van der Waals surface area contributed by atoms with Crippen molar-refractivity contribution in [3.8, 4) is 5.75 Å². The van der Waals surface area contributed by atoms with Crippen molar-refractivity contribution in [2.24, 2.45) is 0 Å². The van der Waals surface area contributed by atoms with E-state index < -0.39 is 22.0 Å². The van der Waals surface area contributed by atoms with Crippen molar-refractivity contribution in [2.75, 3.05) is 33.5 Å². The lowest BCUT2D eigenvalue weighted by atomic mass is 10.0. The SMILES string of the molecule is C=CCNC(=O)[C@@H](Cc1ccccc1)N(Cc1ccc(OC)cc1)C(=O)CN(C)S(C)(=O)=O. The Balaban J connectivity index is 2.43. The minimum atomic E-state index is -3.58. The van der Waals surface area contributed by atoms with Gasteiger partial charge in [-0.3, -0.25) is 9.59 Å². The molecule has 0 aliphatic heterocycles. The van der Waals surface area contributed by atoms with E-state index in [0.717, 1.165) is 21.7 Å². The highest BCUT2D eigenvalue weighted by atomic mass is 32.2. The van der Waals surface area contributed by atoms with Crippen molar-refractivity contribution in [3.63, 3.8) is 0 Å². The summed E-state index contributed by atoms with van der Waals surface area (Å²) in [5.74, 6) is -0.158. The number of methoxy groups -OCH3 is 1. The van der Waals surface area contributed by atoms with E-state index in [1.807, 2.05) is 30.3 Å². The molecule has 2 aromatic carbocycles. The van der Waals surface area contributed by atoms with E-state index >= 15 is 0 Å². The molecule has 0 radical (unpaired) electrons. The van der Waals surface area contributed by atoms with Gasteiger partial charge in [-0.05, 0) is 23.3 Å². The van der Waals surface area contributed by atoms with Crippen LogP contribution in [0, 0.1) is 0 Å². The van der Waals surface area contributed by atoms with Crippen LogP contribution in [-0.4, -0.2) is 69.0 Å². The Kier molecular flexibility index (Phi) is 9.62. The fraction of sp³-hybridized carbons (Fsp3) is 0.333. The van der Waals surface area contributed by atoms with Crippen LogP contribution in [0.1, 0.15) is 11.1 Å². The molecule has 0 aromatic heterocycles. The highest BCUT2D eigenvalue weighted by Gasteiger charge is 2.31. The maximum absolute atomic E-state index is 13.3. The fourth-order valence-electron chi connectivity index (χ4n) is 3.17. The van der Waals surface area contributed by atoms with Crippen LogP contribution in [0.15, 0.2) is 67.3 Å². The van der Waals surface area contributed by atoms with Gasteiger partial charge in [0.25, 0.3) is 0 Å². The number of rotatable bonds is 12. The first kappa shape index (κ1) is 26.1. The number of hydrogen-bond acceptors (Lipinski definition) is 5. The van der Waals surface area contributed by atoms with Crippen LogP contribution in [-0.2, 0) is 32.6 Å². The number of nitrogens with zero attached hydrogens (tertiary/aromatic N) is 2. The van der Waals surface area contributed by atoms with Crippen LogP contribution >= 0.6 is 0 Å². The van der Waals surface area contributed by atoms with E-state index in [2.05, 4.69) is 11.9 Å². The van der Waals surface area contributed by atoms with Crippen LogP contribution in [0.25, 0.3) is 0 Å². The van der Waals surface area contributed by atoms with Gasteiger partial charge in [0.1, 0.15) is 11.8 Å². The maximum atomic E-state index is 13.3. The summed E-state index contributed by atoms with van der Waals surface area (Å²) in [4.78, 5) is 27.9. The summed E-state index contributed by atoms with van der Waals surface area (Å²) in [6.07, 6.45) is 2.87. The summed E-state index contributed by atoms with van der Waals surface area (Å²) in [5, 5.41) is 2.77. The van der Waals surface area contributed by atoms with Gasteiger partial charge in [-0.25, -0.2) is 8.42 Å². The Morgan fingerprint density at radius 3 is 2.27 bits per heavy atom. The molecule has 0 aliphatic carbocycles. The maximum Gasteiger partial charge on any atom is 0.243 e. The van der Waals surface area contributed by atoms with Gasteiger partial charge in [-0.15, -0.1) is 6.58 Å².